The van der Waals surface area contributed by atoms with Gasteiger partial charge in [0.15, 0.2) is 0 Å². The van der Waals surface area contributed by atoms with Gasteiger partial charge in [0.1, 0.15) is 23.6 Å². The number of benzene rings is 2. The smallest absolute Gasteiger partial charge is 0.214 e. The molecule has 25 heavy (non-hydrogen) atoms. The zero-order valence-corrected chi connectivity index (χ0v) is 13.6. The number of pyridine rings is 2. The maximum absolute atomic E-state index is 10.1. The van der Waals surface area contributed by atoms with Crippen LogP contribution in [0.1, 0.15) is 5.56 Å². The minimum Gasteiger partial charge on any atom is -0.506 e. The number of ether oxygens (including phenoxy) is 2. The van der Waals surface area contributed by atoms with E-state index in [-0.39, 0.29) is 5.75 Å². The first-order valence-corrected chi connectivity index (χ1v) is 7.88. The van der Waals surface area contributed by atoms with E-state index >= 15 is 0 Å². The van der Waals surface area contributed by atoms with Crippen molar-refractivity contribution >= 4 is 21.8 Å². The predicted octanol–water partition coefficient (Wildman–Crippen LogP) is 4.08. The second-order valence-corrected chi connectivity index (χ2v) is 5.65. The monoisotopic (exact) mass is 332 g/mol. The number of phenolic OH excluding ortho intramolecular Hbond substituents is 1. The summed E-state index contributed by atoms with van der Waals surface area (Å²) in [5.41, 5.74) is 2.32. The summed E-state index contributed by atoms with van der Waals surface area (Å²) in [6.45, 7) is 0.413. The fourth-order valence-electron chi connectivity index (χ4n) is 2.76. The van der Waals surface area contributed by atoms with Crippen LogP contribution in [0.4, 0.5) is 0 Å². The molecule has 2 aromatic carbocycles. The molecule has 4 rings (SSSR count). The Labute approximate surface area is 144 Å². The lowest BCUT2D eigenvalue weighted by atomic mass is 10.1. The maximum atomic E-state index is 10.1. The Morgan fingerprint density at radius 3 is 2.64 bits per heavy atom. The van der Waals surface area contributed by atoms with Gasteiger partial charge in [-0.25, -0.2) is 4.98 Å². The van der Waals surface area contributed by atoms with Crippen LogP contribution < -0.4 is 9.47 Å². The Balaban J connectivity index is 1.66. The van der Waals surface area contributed by atoms with E-state index in [2.05, 4.69) is 9.97 Å². The summed E-state index contributed by atoms with van der Waals surface area (Å²) in [5, 5.41) is 11.7. The van der Waals surface area contributed by atoms with E-state index in [1.165, 1.54) is 0 Å². The molecule has 0 saturated heterocycles. The van der Waals surface area contributed by atoms with Gasteiger partial charge in [-0.05, 0) is 42.0 Å². The Morgan fingerprint density at radius 2 is 1.84 bits per heavy atom. The largest absolute Gasteiger partial charge is 0.506 e. The molecule has 2 aromatic heterocycles. The molecule has 0 aliphatic rings. The number of fused-ring (bicyclic) bond motifs is 3. The molecular weight excluding hydrogens is 316 g/mol. The van der Waals surface area contributed by atoms with E-state index < -0.39 is 0 Å². The van der Waals surface area contributed by atoms with Gasteiger partial charge in [0.25, 0.3) is 0 Å². The Kier molecular flexibility index (Phi) is 3.82. The molecule has 0 radical (unpaired) electrons. The normalized spacial score (nSPS) is 10.9. The molecule has 0 unspecified atom stereocenters. The van der Waals surface area contributed by atoms with E-state index in [1.807, 2.05) is 42.5 Å². The quantitative estimate of drug-likeness (QED) is 0.571. The molecule has 2 heterocycles. The summed E-state index contributed by atoms with van der Waals surface area (Å²) in [6, 6.07) is 16.8. The first-order chi connectivity index (χ1) is 12.2. The highest BCUT2D eigenvalue weighted by Crippen LogP contribution is 2.31. The minimum absolute atomic E-state index is 0.150. The summed E-state index contributed by atoms with van der Waals surface area (Å²) in [7, 11) is 1.64. The lowest BCUT2D eigenvalue weighted by molar-refractivity contribution is 0.295. The van der Waals surface area contributed by atoms with Crippen LogP contribution in [0.3, 0.4) is 0 Å². The number of methoxy groups -OCH3 is 1. The van der Waals surface area contributed by atoms with Crippen molar-refractivity contribution in [3.63, 3.8) is 0 Å². The second kappa shape index (κ2) is 6.28. The van der Waals surface area contributed by atoms with Crippen LogP contribution in [0.15, 0.2) is 60.8 Å². The number of aromatic hydroxyl groups is 1. The number of phenols is 1. The fourth-order valence-corrected chi connectivity index (χ4v) is 2.76. The SMILES string of the molecule is COc1ccc(COc2ccc3cc(O)c4ncccc4c3n2)cc1. The van der Waals surface area contributed by atoms with Gasteiger partial charge < -0.3 is 14.6 Å². The van der Waals surface area contributed by atoms with Gasteiger partial charge in [-0.2, -0.15) is 0 Å². The van der Waals surface area contributed by atoms with Crippen molar-refractivity contribution in [1.29, 1.82) is 0 Å². The first kappa shape index (κ1) is 15.2. The zero-order valence-electron chi connectivity index (χ0n) is 13.6. The molecular formula is C20H16N2O3. The molecule has 0 atom stereocenters. The molecule has 0 fully saturated rings. The number of aromatic nitrogens is 2. The van der Waals surface area contributed by atoms with Crippen LogP contribution in [0.5, 0.6) is 17.4 Å². The molecule has 0 amide bonds. The lowest BCUT2D eigenvalue weighted by Crippen LogP contribution is -1.98. The van der Waals surface area contributed by atoms with E-state index in [4.69, 9.17) is 9.47 Å². The second-order valence-electron chi connectivity index (χ2n) is 5.65. The average Bonchev–Trinajstić information content (AvgIpc) is 2.67. The highest BCUT2D eigenvalue weighted by Gasteiger charge is 2.09. The van der Waals surface area contributed by atoms with E-state index in [0.717, 1.165) is 27.6 Å². The third kappa shape index (κ3) is 2.92. The van der Waals surface area contributed by atoms with Gasteiger partial charge >= 0.3 is 0 Å². The van der Waals surface area contributed by atoms with E-state index in [0.29, 0.717) is 18.0 Å². The van der Waals surface area contributed by atoms with Crippen LogP contribution in [0.2, 0.25) is 0 Å². The Morgan fingerprint density at radius 1 is 1.00 bits per heavy atom. The van der Waals surface area contributed by atoms with Crippen LogP contribution >= 0.6 is 0 Å². The number of hydrogen-bond acceptors (Lipinski definition) is 5. The van der Waals surface area contributed by atoms with Crippen molar-refractivity contribution in [3.8, 4) is 17.4 Å². The summed E-state index contributed by atoms with van der Waals surface area (Å²) >= 11 is 0. The molecule has 5 heteroatoms. The predicted molar refractivity (Wildman–Crippen MR) is 96.0 cm³/mol. The minimum atomic E-state index is 0.150. The molecule has 1 N–H and O–H groups in total. The molecule has 4 aromatic rings. The average molecular weight is 332 g/mol. The van der Waals surface area contributed by atoms with Crippen LogP contribution in [-0.4, -0.2) is 22.2 Å². The third-order valence-corrected chi connectivity index (χ3v) is 4.04. The van der Waals surface area contributed by atoms with Gasteiger partial charge in [0.2, 0.25) is 5.88 Å². The van der Waals surface area contributed by atoms with E-state index in [9.17, 15) is 5.11 Å². The van der Waals surface area contributed by atoms with Crippen LogP contribution in [0.25, 0.3) is 21.8 Å². The topological polar surface area (TPSA) is 64.5 Å². The van der Waals surface area contributed by atoms with Crippen molar-refractivity contribution in [1.82, 2.24) is 9.97 Å². The fraction of sp³-hybridized carbons (Fsp3) is 0.100. The molecule has 124 valence electrons. The highest BCUT2D eigenvalue weighted by atomic mass is 16.5. The molecule has 0 aliphatic carbocycles. The first-order valence-electron chi connectivity index (χ1n) is 7.88. The summed E-state index contributed by atoms with van der Waals surface area (Å²) < 4.78 is 11.0. The van der Waals surface area contributed by atoms with Gasteiger partial charge in [-0.15, -0.1) is 0 Å². The third-order valence-electron chi connectivity index (χ3n) is 4.04. The zero-order chi connectivity index (χ0) is 17.2. The standard InChI is InChI=1S/C20H16N2O3/c1-24-15-7-4-13(5-8-15)12-25-18-9-6-14-11-17(23)20-16(19(14)22-18)3-2-10-21-20/h2-11,23H,12H2,1H3. The Hall–Kier alpha value is -3.34. The summed E-state index contributed by atoms with van der Waals surface area (Å²) in [4.78, 5) is 8.82. The van der Waals surface area contributed by atoms with Crippen molar-refractivity contribution in [2.45, 2.75) is 6.61 Å². The van der Waals surface area contributed by atoms with Crippen molar-refractivity contribution < 1.29 is 14.6 Å². The molecule has 0 bridgehead atoms. The van der Waals surface area contributed by atoms with Gasteiger partial charge in [-0.3, -0.25) is 4.98 Å². The van der Waals surface area contributed by atoms with Gasteiger partial charge in [0.05, 0.1) is 12.6 Å². The Bertz CT molecular complexity index is 1050. The molecule has 0 saturated carbocycles. The number of rotatable bonds is 4. The highest BCUT2D eigenvalue weighted by molar-refractivity contribution is 6.06. The maximum Gasteiger partial charge on any atom is 0.214 e. The van der Waals surface area contributed by atoms with Gasteiger partial charge in [0, 0.05) is 23.0 Å². The van der Waals surface area contributed by atoms with Crippen LogP contribution in [-0.2, 0) is 6.61 Å². The van der Waals surface area contributed by atoms with Crippen molar-refractivity contribution in [2.24, 2.45) is 0 Å². The molecule has 0 spiro atoms. The summed E-state index contributed by atoms with van der Waals surface area (Å²) in [5.74, 6) is 1.49. The number of hydrogen-bond donors (Lipinski definition) is 1. The molecule has 5 nitrogen and oxygen atoms in total. The molecule has 0 aliphatic heterocycles. The van der Waals surface area contributed by atoms with Crippen LogP contribution in [0, 0.1) is 0 Å². The lowest BCUT2D eigenvalue weighted by Gasteiger charge is -2.09. The van der Waals surface area contributed by atoms with Crippen molar-refractivity contribution in [3.05, 3.63) is 66.4 Å². The van der Waals surface area contributed by atoms with Crippen molar-refractivity contribution in [2.75, 3.05) is 7.11 Å². The van der Waals surface area contributed by atoms with E-state index in [1.54, 1.807) is 25.4 Å². The number of nitrogens with zero attached hydrogens (tertiary/aromatic N) is 2. The van der Waals surface area contributed by atoms with Gasteiger partial charge in [-0.1, -0.05) is 12.1 Å². The summed E-state index contributed by atoms with van der Waals surface area (Å²) in [6.07, 6.45) is 1.65.